The average Bonchev–Trinajstić information content (AvgIpc) is 3.85. The maximum atomic E-state index is 13.3. The molecule has 1 aromatic carbocycles. The molecular weight excluding hydrogens is 704 g/mol. The number of ether oxygens (including phenoxy) is 2. The molecule has 15 heteroatoms. The molecule has 0 radical (unpaired) electrons. The van der Waals surface area contributed by atoms with Crippen LogP contribution in [0.1, 0.15) is 93.1 Å². The highest BCUT2D eigenvalue weighted by Gasteiger charge is 2.34. The lowest BCUT2D eigenvalue weighted by Crippen LogP contribution is -2.35. The standard InChI is InChI=1S/C40H46N8O7/c1-23-12-27-18-41-29-17-33(24(2)13-28(29)38(52)48(27)19-23)54-11-9-10-35(50)43-34-22-47(8)36(44-34)32(49)15-25-14-30(45(6)20-25)37(51)42-26-16-31(46(7)21-26)39(53)55-40(3,4)5/h13-14,16-18,20-22,27H,1,9-12,15,19H2,2-8H3,(H,42,51)(H,43,50)/t27-/m0/s1. The Kier molecular flexibility index (Phi) is 10.7. The first kappa shape index (κ1) is 38.5. The molecule has 15 nitrogen and oxygen atoms in total. The van der Waals surface area contributed by atoms with Crippen LogP contribution in [0.15, 0.2) is 60.0 Å². The average molecular weight is 751 g/mol. The molecule has 3 amide bonds. The second-order valence-electron chi connectivity index (χ2n) is 15.1. The molecule has 2 aliphatic heterocycles. The maximum Gasteiger partial charge on any atom is 0.355 e. The SMILES string of the molecule is C=C1C[C@H]2C=Nc3cc(OCCCC(=O)Nc4cn(C)c(C(=O)Cc5cc(C(=O)Nc6cc(C(=O)OC(C)(C)C)n(C)c6)n(C)c5)n4)c(C)cc3C(=O)N2C1. The van der Waals surface area contributed by atoms with Gasteiger partial charge in [0.25, 0.3) is 11.8 Å². The Labute approximate surface area is 319 Å². The zero-order valence-corrected chi connectivity index (χ0v) is 32.2. The first-order valence-electron chi connectivity index (χ1n) is 18.0. The zero-order chi connectivity index (χ0) is 39.8. The number of nitrogens with zero attached hydrogens (tertiary/aromatic N) is 6. The molecular formula is C40H46N8O7. The highest BCUT2D eigenvalue weighted by Crippen LogP contribution is 2.35. The van der Waals surface area contributed by atoms with Crippen LogP contribution in [-0.2, 0) is 37.1 Å². The highest BCUT2D eigenvalue weighted by atomic mass is 16.6. The van der Waals surface area contributed by atoms with Gasteiger partial charge in [-0.05, 0) is 69.9 Å². The lowest BCUT2D eigenvalue weighted by molar-refractivity contribution is -0.116. The largest absolute Gasteiger partial charge is 0.493 e. The van der Waals surface area contributed by atoms with E-state index < -0.39 is 17.5 Å². The summed E-state index contributed by atoms with van der Waals surface area (Å²) in [5.41, 5.74) is 3.86. The van der Waals surface area contributed by atoms with Gasteiger partial charge in [0.2, 0.25) is 11.7 Å². The van der Waals surface area contributed by atoms with Gasteiger partial charge in [0.05, 0.1) is 29.6 Å². The Morgan fingerprint density at radius 2 is 1.71 bits per heavy atom. The molecule has 288 valence electrons. The number of rotatable bonds is 12. The van der Waals surface area contributed by atoms with Gasteiger partial charge in [0, 0.05) is 71.4 Å². The van der Waals surface area contributed by atoms with Crippen LogP contribution in [-0.4, -0.2) is 84.1 Å². The van der Waals surface area contributed by atoms with E-state index in [-0.39, 0.29) is 54.7 Å². The van der Waals surface area contributed by atoms with Crippen molar-refractivity contribution in [1.82, 2.24) is 23.6 Å². The van der Waals surface area contributed by atoms with Crippen molar-refractivity contribution in [3.63, 3.8) is 0 Å². The predicted octanol–water partition coefficient (Wildman–Crippen LogP) is 5.32. The van der Waals surface area contributed by atoms with Gasteiger partial charge in [-0.2, -0.15) is 0 Å². The maximum absolute atomic E-state index is 13.3. The number of benzene rings is 1. The van der Waals surface area contributed by atoms with E-state index in [1.807, 2.05) is 6.92 Å². The summed E-state index contributed by atoms with van der Waals surface area (Å²) in [6.07, 6.45) is 7.92. The van der Waals surface area contributed by atoms with E-state index >= 15 is 0 Å². The minimum absolute atomic E-state index is 0.0268. The van der Waals surface area contributed by atoms with Crippen LogP contribution in [0.5, 0.6) is 5.75 Å². The fourth-order valence-corrected chi connectivity index (χ4v) is 6.60. The number of nitrogens with one attached hydrogen (secondary N) is 2. The number of esters is 1. The van der Waals surface area contributed by atoms with Gasteiger partial charge in [-0.25, -0.2) is 9.78 Å². The molecule has 6 rings (SSSR count). The molecule has 1 saturated heterocycles. The van der Waals surface area contributed by atoms with Crippen molar-refractivity contribution in [3.05, 3.63) is 88.9 Å². The van der Waals surface area contributed by atoms with Crippen LogP contribution in [0, 0.1) is 6.92 Å². The fourth-order valence-electron chi connectivity index (χ4n) is 6.60. The molecule has 4 aromatic rings. The number of carbonyl (C=O) groups is 5. The van der Waals surface area contributed by atoms with Crippen molar-refractivity contribution in [2.24, 2.45) is 26.1 Å². The van der Waals surface area contributed by atoms with Gasteiger partial charge >= 0.3 is 5.97 Å². The lowest BCUT2D eigenvalue weighted by atomic mass is 10.1. The molecule has 55 heavy (non-hydrogen) atoms. The van der Waals surface area contributed by atoms with Gasteiger partial charge in [-0.15, -0.1) is 0 Å². The third-order valence-corrected chi connectivity index (χ3v) is 9.19. The molecule has 3 aromatic heterocycles. The number of Topliss-reactive ketones (excluding diaryl/α,β-unsaturated/α-hetero) is 1. The number of fused-ring (bicyclic) bond motifs is 2. The Bertz CT molecular complexity index is 2250. The number of aryl methyl sites for hydroxylation is 4. The quantitative estimate of drug-likeness (QED) is 0.0848. The van der Waals surface area contributed by atoms with Crippen LogP contribution in [0.2, 0.25) is 0 Å². The van der Waals surface area contributed by atoms with Gasteiger partial charge in [0.15, 0.2) is 11.6 Å². The van der Waals surface area contributed by atoms with Gasteiger partial charge in [-0.1, -0.05) is 12.2 Å². The van der Waals surface area contributed by atoms with Crippen molar-refractivity contribution in [3.8, 4) is 5.75 Å². The number of anilines is 2. The highest BCUT2D eigenvalue weighted by molar-refractivity contribution is 6.05. The van der Waals surface area contributed by atoms with E-state index in [9.17, 15) is 24.0 Å². The molecule has 2 N–H and O–H groups in total. The summed E-state index contributed by atoms with van der Waals surface area (Å²) in [7, 11) is 5.05. The predicted molar refractivity (Wildman–Crippen MR) is 206 cm³/mol. The van der Waals surface area contributed by atoms with Crippen LogP contribution < -0.4 is 15.4 Å². The van der Waals surface area contributed by atoms with Crippen molar-refractivity contribution >= 4 is 52.9 Å². The minimum Gasteiger partial charge on any atom is -0.493 e. The summed E-state index contributed by atoms with van der Waals surface area (Å²) in [5.74, 6) is -0.586. The number of hydrogen-bond donors (Lipinski definition) is 2. The summed E-state index contributed by atoms with van der Waals surface area (Å²) in [6, 6.07) is 6.64. The Hall–Kier alpha value is -6.25. The number of imidazole rings is 1. The van der Waals surface area contributed by atoms with Crippen molar-refractivity contribution in [2.75, 3.05) is 23.8 Å². The zero-order valence-electron chi connectivity index (χ0n) is 32.2. The third kappa shape index (κ3) is 8.77. The topological polar surface area (TPSA) is 171 Å². The molecule has 5 heterocycles. The first-order valence-corrected chi connectivity index (χ1v) is 18.0. The summed E-state index contributed by atoms with van der Waals surface area (Å²) >= 11 is 0. The summed E-state index contributed by atoms with van der Waals surface area (Å²) < 4.78 is 16.2. The van der Waals surface area contributed by atoms with Crippen molar-refractivity contribution < 1.29 is 33.4 Å². The van der Waals surface area contributed by atoms with Gasteiger partial charge in [-0.3, -0.25) is 24.2 Å². The molecule has 1 fully saturated rings. The van der Waals surface area contributed by atoms with Crippen LogP contribution in [0.4, 0.5) is 17.2 Å². The van der Waals surface area contributed by atoms with Crippen LogP contribution in [0.3, 0.4) is 0 Å². The van der Waals surface area contributed by atoms with E-state index in [0.29, 0.717) is 59.0 Å². The first-order chi connectivity index (χ1) is 25.9. The number of amides is 3. The third-order valence-electron chi connectivity index (χ3n) is 9.19. The number of ketones is 1. The van der Waals surface area contributed by atoms with E-state index in [1.165, 1.54) is 0 Å². The fraction of sp³-hybridized carbons (Fsp3) is 0.375. The number of carbonyl (C=O) groups excluding carboxylic acids is 5. The second kappa shape index (κ2) is 15.2. The van der Waals surface area contributed by atoms with E-state index in [1.54, 1.807) is 110 Å². The molecule has 2 aliphatic rings. The Morgan fingerprint density at radius 1 is 0.964 bits per heavy atom. The molecule has 0 bridgehead atoms. The number of hydrogen-bond acceptors (Lipinski definition) is 9. The Morgan fingerprint density at radius 3 is 2.45 bits per heavy atom. The number of aromatic nitrogens is 4. The van der Waals surface area contributed by atoms with E-state index in [4.69, 9.17) is 9.47 Å². The molecule has 1 atom stereocenters. The van der Waals surface area contributed by atoms with Crippen LogP contribution >= 0.6 is 0 Å². The molecule has 0 unspecified atom stereocenters. The summed E-state index contributed by atoms with van der Waals surface area (Å²) in [6.45, 7) is 12.0. The minimum atomic E-state index is -0.663. The second-order valence-corrected chi connectivity index (χ2v) is 15.1. The normalized spacial score (nSPS) is 15.0. The summed E-state index contributed by atoms with van der Waals surface area (Å²) in [4.78, 5) is 75.6. The smallest absolute Gasteiger partial charge is 0.355 e. The monoisotopic (exact) mass is 750 g/mol. The molecule has 0 spiro atoms. The molecule has 0 aliphatic carbocycles. The number of aliphatic imine (C=N–C) groups is 1. The van der Waals surface area contributed by atoms with E-state index in [2.05, 4.69) is 27.2 Å². The van der Waals surface area contributed by atoms with E-state index in [0.717, 1.165) is 11.1 Å². The Balaban J connectivity index is 0.990. The lowest BCUT2D eigenvalue weighted by Gasteiger charge is -2.20. The van der Waals surface area contributed by atoms with Crippen molar-refractivity contribution in [2.45, 2.75) is 65.0 Å². The van der Waals surface area contributed by atoms with Gasteiger partial charge < -0.3 is 38.7 Å². The van der Waals surface area contributed by atoms with Gasteiger partial charge in [0.1, 0.15) is 22.7 Å². The summed E-state index contributed by atoms with van der Waals surface area (Å²) in [5, 5.41) is 5.55. The molecule has 0 saturated carbocycles. The van der Waals surface area contributed by atoms with Crippen molar-refractivity contribution in [1.29, 1.82) is 0 Å². The van der Waals surface area contributed by atoms with Crippen LogP contribution in [0.25, 0.3) is 0 Å².